The van der Waals surface area contributed by atoms with Gasteiger partial charge >= 0.3 is 5.97 Å². The summed E-state index contributed by atoms with van der Waals surface area (Å²) in [6.07, 6.45) is 8.63. The molecule has 3 saturated heterocycles. The van der Waals surface area contributed by atoms with Crippen LogP contribution in [0.4, 0.5) is 5.69 Å². The highest BCUT2D eigenvalue weighted by molar-refractivity contribution is 5.92. The third-order valence-electron chi connectivity index (χ3n) is 12.3. The van der Waals surface area contributed by atoms with Crippen LogP contribution in [0.1, 0.15) is 80.0 Å². The molecule has 10 heteroatoms. The van der Waals surface area contributed by atoms with Gasteiger partial charge in [0, 0.05) is 50.1 Å². The molecule has 0 unspecified atom stereocenters. The lowest BCUT2D eigenvalue weighted by Crippen LogP contribution is -2.61. The average Bonchev–Trinajstić information content (AvgIpc) is 3.87. The Morgan fingerprint density at radius 3 is 2.35 bits per heavy atom. The molecule has 3 aliphatic heterocycles. The lowest BCUT2D eigenvalue weighted by atomic mass is 9.45. The molecular weight excluding hydrogens is 580 g/mol. The SMILES string of the molecule is COC(=O)C12CCCC(C(=O)N3CC[C@@]4(CCN(C(=O)c5nc6c(C)cc(N7CC[C@](C)(c8ccccc8)C7)cn6n5)C4)C3)(C1)C2. The predicted molar refractivity (Wildman–Crippen MR) is 172 cm³/mol. The van der Waals surface area contributed by atoms with E-state index in [4.69, 9.17) is 14.8 Å². The lowest BCUT2D eigenvalue weighted by molar-refractivity contribution is -0.188. The van der Waals surface area contributed by atoms with Crippen molar-refractivity contribution in [1.29, 1.82) is 0 Å². The zero-order valence-corrected chi connectivity index (χ0v) is 27.3. The maximum Gasteiger partial charge on any atom is 0.311 e. The molecule has 2 bridgehead atoms. The van der Waals surface area contributed by atoms with Crippen molar-refractivity contribution >= 4 is 29.1 Å². The maximum absolute atomic E-state index is 13.8. The molecule has 2 amide bonds. The Morgan fingerprint density at radius 2 is 1.59 bits per heavy atom. The number of rotatable bonds is 5. The highest BCUT2D eigenvalue weighted by Crippen LogP contribution is 2.65. The van der Waals surface area contributed by atoms with Crippen LogP contribution in [0.3, 0.4) is 0 Å². The van der Waals surface area contributed by atoms with Gasteiger partial charge in [0.1, 0.15) is 0 Å². The maximum atomic E-state index is 13.8. The first-order valence-corrected chi connectivity index (χ1v) is 16.9. The van der Waals surface area contributed by atoms with Gasteiger partial charge in [-0.15, -0.1) is 5.10 Å². The summed E-state index contributed by atoms with van der Waals surface area (Å²) in [7, 11) is 1.45. The summed E-state index contributed by atoms with van der Waals surface area (Å²) in [5.74, 6) is 0.127. The summed E-state index contributed by atoms with van der Waals surface area (Å²) in [5, 5.41) is 4.69. The Labute approximate surface area is 270 Å². The van der Waals surface area contributed by atoms with Crippen LogP contribution in [0.2, 0.25) is 0 Å². The van der Waals surface area contributed by atoms with Crippen LogP contribution in [-0.2, 0) is 19.7 Å². The Morgan fingerprint density at radius 1 is 0.870 bits per heavy atom. The molecule has 5 heterocycles. The van der Waals surface area contributed by atoms with Crippen molar-refractivity contribution in [3.8, 4) is 0 Å². The number of fused-ring (bicyclic) bond motifs is 3. The van der Waals surface area contributed by atoms with Crippen LogP contribution in [-0.4, -0.2) is 88.6 Å². The largest absolute Gasteiger partial charge is 0.469 e. The Bertz CT molecular complexity index is 1730. The molecule has 3 aromatic rings. The van der Waals surface area contributed by atoms with Gasteiger partial charge in [-0.3, -0.25) is 14.4 Å². The highest BCUT2D eigenvalue weighted by atomic mass is 16.5. The molecule has 1 aromatic carbocycles. The van der Waals surface area contributed by atoms with E-state index < -0.39 is 10.8 Å². The average molecular weight is 625 g/mol. The minimum absolute atomic E-state index is 0.0847. The quantitative estimate of drug-likeness (QED) is 0.388. The van der Waals surface area contributed by atoms with E-state index in [-0.39, 0.29) is 34.4 Å². The van der Waals surface area contributed by atoms with Crippen molar-refractivity contribution in [3.05, 3.63) is 59.5 Å². The molecule has 2 aromatic heterocycles. The van der Waals surface area contributed by atoms with E-state index >= 15 is 0 Å². The van der Waals surface area contributed by atoms with Gasteiger partial charge < -0.3 is 19.4 Å². The number of esters is 1. The second kappa shape index (κ2) is 10.3. The number of aromatic nitrogens is 3. The van der Waals surface area contributed by atoms with Crippen LogP contribution in [0.15, 0.2) is 42.6 Å². The molecule has 2 atom stereocenters. The molecule has 3 saturated carbocycles. The second-order valence-corrected chi connectivity index (χ2v) is 15.4. The number of aryl methyl sites for hydroxylation is 1. The lowest BCUT2D eigenvalue weighted by Gasteiger charge is -2.58. The highest BCUT2D eigenvalue weighted by Gasteiger charge is 2.66. The van der Waals surface area contributed by atoms with Crippen molar-refractivity contribution in [2.75, 3.05) is 51.3 Å². The number of carbonyl (C=O) groups excluding carboxylic acids is 3. The number of ether oxygens (including phenoxy) is 1. The van der Waals surface area contributed by atoms with Gasteiger partial charge in [-0.05, 0) is 69.1 Å². The van der Waals surface area contributed by atoms with E-state index in [2.05, 4.69) is 48.2 Å². The third kappa shape index (κ3) is 4.46. The van der Waals surface area contributed by atoms with Crippen molar-refractivity contribution in [3.63, 3.8) is 0 Å². The topological polar surface area (TPSA) is 100 Å². The van der Waals surface area contributed by atoms with E-state index in [0.29, 0.717) is 44.7 Å². The van der Waals surface area contributed by atoms with Crippen LogP contribution in [0, 0.1) is 23.2 Å². The molecule has 6 aliphatic rings. The Balaban J connectivity index is 0.939. The molecule has 9 rings (SSSR count). The number of hydrogen-bond donors (Lipinski definition) is 0. The third-order valence-corrected chi connectivity index (χ3v) is 12.3. The van der Waals surface area contributed by atoms with E-state index in [9.17, 15) is 14.4 Å². The molecule has 46 heavy (non-hydrogen) atoms. The number of pyridine rings is 1. The normalized spacial score (nSPS) is 31.9. The van der Waals surface area contributed by atoms with Gasteiger partial charge in [0.25, 0.3) is 5.91 Å². The van der Waals surface area contributed by atoms with Gasteiger partial charge in [0.05, 0.1) is 29.8 Å². The first-order chi connectivity index (χ1) is 22.1. The van der Waals surface area contributed by atoms with E-state index in [0.717, 1.165) is 62.9 Å². The Kier molecular flexibility index (Phi) is 6.58. The molecule has 3 aliphatic carbocycles. The van der Waals surface area contributed by atoms with E-state index in [1.165, 1.54) is 12.7 Å². The number of nitrogens with zero attached hydrogens (tertiary/aromatic N) is 6. The summed E-state index contributed by atoms with van der Waals surface area (Å²) in [6, 6.07) is 12.9. The van der Waals surface area contributed by atoms with Gasteiger partial charge in [0.15, 0.2) is 5.65 Å². The fourth-order valence-electron chi connectivity index (χ4n) is 9.76. The van der Waals surface area contributed by atoms with Crippen molar-refractivity contribution < 1.29 is 19.1 Å². The van der Waals surface area contributed by atoms with Crippen LogP contribution in [0.25, 0.3) is 5.65 Å². The van der Waals surface area contributed by atoms with Crippen LogP contribution in [0.5, 0.6) is 0 Å². The fraction of sp³-hybridized carbons (Fsp3) is 0.583. The molecule has 242 valence electrons. The van der Waals surface area contributed by atoms with E-state index in [1.807, 2.05) is 22.9 Å². The molecule has 0 N–H and O–H groups in total. The number of methoxy groups -OCH3 is 1. The second-order valence-electron chi connectivity index (χ2n) is 15.4. The summed E-state index contributed by atoms with van der Waals surface area (Å²) in [4.78, 5) is 51.0. The summed E-state index contributed by atoms with van der Waals surface area (Å²) < 4.78 is 6.86. The van der Waals surface area contributed by atoms with Crippen LogP contribution < -0.4 is 4.90 Å². The molecule has 6 fully saturated rings. The first kappa shape index (κ1) is 29.5. The molecule has 1 spiro atoms. The monoisotopic (exact) mass is 624 g/mol. The number of carbonyl (C=O) groups is 3. The Hall–Kier alpha value is -3.95. The van der Waals surface area contributed by atoms with E-state index in [1.54, 1.807) is 4.52 Å². The zero-order valence-electron chi connectivity index (χ0n) is 27.3. The summed E-state index contributed by atoms with van der Waals surface area (Å²) >= 11 is 0. The van der Waals surface area contributed by atoms with Gasteiger partial charge in [0.2, 0.25) is 11.7 Å². The number of hydrogen-bond acceptors (Lipinski definition) is 7. The van der Waals surface area contributed by atoms with Crippen molar-refractivity contribution in [1.82, 2.24) is 24.4 Å². The van der Waals surface area contributed by atoms with Gasteiger partial charge in [-0.25, -0.2) is 9.50 Å². The van der Waals surface area contributed by atoms with Gasteiger partial charge in [-0.1, -0.05) is 43.7 Å². The molecular formula is C36H44N6O4. The molecule has 0 radical (unpaired) electrons. The number of likely N-dealkylation sites (tertiary alicyclic amines) is 2. The minimum Gasteiger partial charge on any atom is -0.469 e. The van der Waals surface area contributed by atoms with Crippen LogP contribution >= 0.6 is 0 Å². The number of benzene rings is 1. The predicted octanol–water partition coefficient (Wildman–Crippen LogP) is 4.39. The standard InChI is InChI=1S/C36H44N6O4/c1-25-18-27(39-15-12-33(2,22-39)26-8-5-4-6-9-26)19-42-29(25)37-28(38-42)30(43)40-16-13-34(23-40)14-17-41(24-34)31(44)35-10-7-11-36(20-35,21-35)32(45)46-3/h4-6,8-9,18-19H,7,10-17,20-24H2,1-3H3/t33-,34+,35?,36?/m0/s1. The van der Waals surface area contributed by atoms with Crippen molar-refractivity contribution in [2.24, 2.45) is 16.2 Å². The smallest absolute Gasteiger partial charge is 0.311 e. The van der Waals surface area contributed by atoms with Gasteiger partial charge in [-0.2, -0.15) is 0 Å². The fourth-order valence-corrected chi connectivity index (χ4v) is 9.76. The number of amides is 2. The summed E-state index contributed by atoms with van der Waals surface area (Å²) in [6.45, 7) is 8.88. The molecule has 10 nitrogen and oxygen atoms in total. The van der Waals surface area contributed by atoms with Crippen molar-refractivity contribution in [2.45, 2.75) is 70.6 Å². The minimum atomic E-state index is -0.464. The summed E-state index contributed by atoms with van der Waals surface area (Å²) in [5.41, 5.74) is 3.27. The first-order valence-electron chi connectivity index (χ1n) is 16.9. The zero-order chi connectivity index (χ0) is 31.9. The number of anilines is 1.